The number of methoxy groups -OCH3 is 1. The van der Waals surface area contributed by atoms with Gasteiger partial charge in [0.25, 0.3) is 5.56 Å². The average molecular weight is 373 g/mol. The molecule has 0 aromatic heterocycles. The van der Waals surface area contributed by atoms with Gasteiger partial charge in [-0.15, -0.1) is 0 Å². The van der Waals surface area contributed by atoms with Gasteiger partial charge in [0.2, 0.25) is 0 Å². The molecule has 0 N–H and O–H groups in total. The largest absolute Gasteiger partial charge is 0.465 e. The van der Waals surface area contributed by atoms with Crippen molar-refractivity contribution in [1.29, 1.82) is 0 Å². The van der Waals surface area contributed by atoms with Crippen molar-refractivity contribution in [1.82, 2.24) is 14.3 Å². The molecule has 2 aliphatic rings. The summed E-state index contributed by atoms with van der Waals surface area (Å²) in [6.07, 6.45) is 3.43. The number of carbonyl (C=O) groups excluding carboxylic acids is 1. The molecule has 2 aromatic rings. The fourth-order valence-electron chi connectivity index (χ4n) is 3.26. The van der Waals surface area contributed by atoms with Crippen molar-refractivity contribution in [3.8, 4) is 16.9 Å². The van der Waals surface area contributed by atoms with Gasteiger partial charge in [0, 0.05) is 12.4 Å². The number of aromatic nitrogens is 3. The molecule has 6 heteroatoms. The Morgan fingerprint density at radius 2 is 1.64 bits per heavy atom. The van der Waals surface area contributed by atoms with Gasteiger partial charge in [-0.1, -0.05) is 48.5 Å². The van der Waals surface area contributed by atoms with Crippen molar-refractivity contribution in [3.63, 3.8) is 0 Å². The van der Waals surface area contributed by atoms with Crippen LogP contribution in [0.3, 0.4) is 0 Å². The Hall–Kier alpha value is -3.67. The molecule has 0 spiro atoms. The van der Waals surface area contributed by atoms with Gasteiger partial charge in [0.05, 0.1) is 24.4 Å². The normalized spacial score (nSPS) is 12.1. The highest BCUT2D eigenvalue weighted by molar-refractivity contribution is 5.96. The van der Waals surface area contributed by atoms with E-state index in [9.17, 15) is 9.59 Å². The van der Waals surface area contributed by atoms with Gasteiger partial charge in [-0.25, -0.2) is 4.79 Å². The number of para-hydroxylation sites is 1. The predicted molar refractivity (Wildman–Crippen MR) is 106 cm³/mol. The molecule has 2 heterocycles. The van der Waals surface area contributed by atoms with Crippen LogP contribution in [0.4, 0.5) is 0 Å². The van der Waals surface area contributed by atoms with Gasteiger partial charge in [0.1, 0.15) is 11.3 Å². The molecule has 0 amide bonds. The summed E-state index contributed by atoms with van der Waals surface area (Å²) in [5, 5.41) is 4.41. The zero-order chi connectivity index (χ0) is 19.7. The lowest BCUT2D eigenvalue weighted by Gasteiger charge is -2.19. The fourth-order valence-corrected chi connectivity index (χ4v) is 3.26. The molecular formula is C22H19N3O3. The zero-order valence-electron chi connectivity index (χ0n) is 15.6. The molecule has 2 aromatic carbocycles. The van der Waals surface area contributed by atoms with Crippen LogP contribution in [0.15, 0.2) is 77.9 Å². The minimum absolute atomic E-state index is 0.0755. The summed E-state index contributed by atoms with van der Waals surface area (Å²) >= 11 is 0. The second-order valence-electron chi connectivity index (χ2n) is 6.51. The maximum atomic E-state index is 13.0. The Balaban J connectivity index is 1.94. The summed E-state index contributed by atoms with van der Waals surface area (Å²) in [6, 6.07) is 18.9. The Bertz CT molecular complexity index is 1150. The van der Waals surface area contributed by atoms with E-state index in [1.54, 1.807) is 24.5 Å². The molecule has 0 saturated carbocycles. The SMILES string of the molecule is COC(=O)c1cn(C(C)c2ccccc2)cc2c(=O)n(-c3ccccc3)nc1-2. The van der Waals surface area contributed by atoms with Gasteiger partial charge in [-0.3, -0.25) is 4.79 Å². The van der Waals surface area contributed by atoms with Crippen LogP contribution in [0.5, 0.6) is 0 Å². The van der Waals surface area contributed by atoms with Gasteiger partial charge >= 0.3 is 5.97 Å². The molecule has 0 saturated heterocycles. The van der Waals surface area contributed by atoms with Crippen molar-refractivity contribution in [2.45, 2.75) is 13.0 Å². The molecule has 28 heavy (non-hydrogen) atoms. The van der Waals surface area contributed by atoms with E-state index in [1.807, 2.05) is 60.0 Å². The zero-order valence-corrected chi connectivity index (χ0v) is 15.6. The van der Waals surface area contributed by atoms with E-state index in [-0.39, 0.29) is 17.2 Å². The van der Waals surface area contributed by atoms with Crippen LogP contribution in [-0.4, -0.2) is 27.4 Å². The standard InChI is InChI=1S/C22H19N3O3/c1-15(16-9-5-3-6-10-16)24-13-18-20(19(14-24)22(27)28-2)23-25(21(18)26)17-11-7-4-8-12-17/h3-15H,1-2H3. The molecule has 6 nitrogen and oxygen atoms in total. The van der Waals surface area contributed by atoms with Crippen LogP contribution in [0.2, 0.25) is 0 Å². The third-order valence-corrected chi connectivity index (χ3v) is 4.82. The highest BCUT2D eigenvalue weighted by atomic mass is 16.5. The summed E-state index contributed by atoms with van der Waals surface area (Å²) in [5.74, 6) is -0.530. The molecule has 2 aliphatic heterocycles. The van der Waals surface area contributed by atoms with Crippen LogP contribution >= 0.6 is 0 Å². The first kappa shape index (κ1) is 17.7. The fraction of sp³-hybridized carbons (Fsp3) is 0.136. The minimum atomic E-state index is -0.530. The number of hydrogen-bond donors (Lipinski definition) is 0. The first-order valence-corrected chi connectivity index (χ1v) is 8.93. The van der Waals surface area contributed by atoms with E-state index in [1.165, 1.54) is 11.8 Å². The van der Waals surface area contributed by atoms with E-state index >= 15 is 0 Å². The number of pyridine rings is 1. The number of ether oxygens (including phenoxy) is 1. The molecule has 0 aliphatic carbocycles. The molecule has 140 valence electrons. The summed E-state index contributed by atoms with van der Waals surface area (Å²) in [4.78, 5) is 25.4. The quantitative estimate of drug-likeness (QED) is 0.513. The van der Waals surface area contributed by atoms with Gasteiger partial charge in [0.15, 0.2) is 0 Å². The van der Waals surface area contributed by atoms with E-state index in [4.69, 9.17) is 4.74 Å². The van der Waals surface area contributed by atoms with Gasteiger partial charge < -0.3 is 9.30 Å². The molecule has 1 unspecified atom stereocenters. The van der Waals surface area contributed by atoms with Crippen LogP contribution in [0, 0.1) is 0 Å². The number of nitrogens with zero attached hydrogens (tertiary/aromatic N) is 3. The molecular weight excluding hydrogens is 354 g/mol. The van der Waals surface area contributed by atoms with Crippen molar-refractivity contribution >= 4 is 5.97 Å². The second kappa shape index (κ2) is 7.15. The van der Waals surface area contributed by atoms with Crippen LogP contribution < -0.4 is 5.56 Å². The van der Waals surface area contributed by atoms with Crippen molar-refractivity contribution < 1.29 is 9.53 Å². The van der Waals surface area contributed by atoms with E-state index < -0.39 is 5.97 Å². The first-order chi connectivity index (χ1) is 13.6. The minimum Gasteiger partial charge on any atom is -0.465 e. The Kier molecular flexibility index (Phi) is 4.53. The Labute approximate surface area is 162 Å². The number of rotatable bonds is 4. The van der Waals surface area contributed by atoms with Gasteiger partial charge in [-0.05, 0) is 24.6 Å². The Morgan fingerprint density at radius 1 is 1.00 bits per heavy atom. The molecule has 1 atom stereocenters. The van der Waals surface area contributed by atoms with Gasteiger partial charge in [-0.2, -0.15) is 9.78 Å². The van der Waals surface area contributed by atoms with Crippen LogP contribution in [-0.2, 0) is 4.74 Å². The topological polar surface area (TPSA) is 66.1 Å². The van der Waals surface area contributed by atoms with E-state index in [2.05, 4.69) is 5.10 Å². The third kappa shape index (κ3) is 2.99. The highest BCUT2D eigenvalue weighted by Crippen LogP contribution is 2.26. The van der Waals surface area contributed by atoms with Crippen molar-refractivity contribution in [2.24, 2.45) is 0 Å². The lowest BCUT2D eigenvalue weighted by atomic mass is 10.1. The number of esters is 1. The van der Waals surface area contributed by atoms with E-state index in [0.717, 1.165) is 5.56 Å². The highest BCUT2D eigenvalue weighted by Gasteiger charge is 2.26. The number of carbonyl (C=O) groups is 1. The number of fused-ring (bicyclic) bond motifs is 1. The molecule has 0 radical (unpaired) electrons. The summed E-state index contributed by atoms with van der Waals surface area (Å²) in [5.41, 5.74) is 2.38. The molecule has 0 fully saturated rings. The molecule has 4 rings (SSSR count). The van der Waals surface area contributed by atoms with Crippen molar-refractivity contribution in [2.75, 3.05) is 7.11 Å². The lowest BCUT2D eigenvalue weighted by Crippen LogP contribution is -2.17. The molecule has 0 bridgehead atoms. The maximum absolute atomic E-state index is 13.0. The van der Waals surface area contributed by atoms with Crippen LogP contribution in [0.25, 0.3) is 16.9 Å². The summed E-state index contributed by atoms with van der Waals surface area (Å²) in [7, 11) is 1.32. The van der Waals surface area contributed by atoms with E-state index in [0.29, 0.717) is 16.9 Å². The maximum Gasteiger partial charge on any atom is 0.341 e. The number of hydrogen-bond acceptors (Lipinski definition) is 4. The average Bonchev–Trinajstić information content (AvgIpc) is 3.09. The van der Waals surface area contributed by atoms with Crippen LogP contribution in [0.1, 0.15) is 28.9 Å². The van der Waals surface area contributed by atoms with Crippen molar-refractivity contribution in [3.05, 3.63) is 94.5 Å². The second-order valence-corrected chi connectivity index (χ2v) is 6.51. The smallest absolute Gasteiger partial charge is 0.341 e. The summed E-state index contributed by atoms with van der Waals surface area (Å²) < 4.78 is 8.10. The lowest BCUT2D eigenvalue weighted by molar-refractivity contribution is 0.0600. The third-order valence-electron chi connectivity index (χ3n) is 4.82. The summed E-state index contributed by atoms with van der Waals surface area (Å²) in [6.45, 7) is 2.01. The Morgan fingerprint density at radius 3 is 2.29 bits per heavy atom. The number of benzene rings is 2. The first-order valence-electron chi connectivity index (χ1n) is 8.93. The predicted octanol–water partition coefficient (Wildman–Crippen LogP) is 3.53. The monoisotopic (exact) mass is 373 g/mol.